The standard InChI is InChI=1S/C12H6BrFN2O/c13-9-2-3-10(14)11(5-9)17-12-4-1-8(6-15)7-16-12/h1-5,7H. The molecule has 0 saturated carbocycles. The Balaban J connectivity index is 2.25. The highest BCUT2D eigenvalue weighted by atomic mass is 79.9. The van der Waals surface area contributed by atoms with E-state index >= 15 is 0 Å². The minimum absolute atomic E-state index is 0.0802. The maximum atomic E-state index is 13.4. The quantitative estimate of drug-likeness (QED) is 0.849. The number of halogens is 2. The number of hydrogen-bond acceptors (Lipinski definition) is 3. The Labute approximate surface area is 106 Å². The zero-order valence-electron chi connectivity index (χ0n) is 8.52. The topological polar surface area (TPSA) is 45.9 Å². The zero-order valence-corrected chi connectivity index (χ0v) is 10.1. The lowest BCUT2D eigenvalue weighted by Crippen LogP contribution is -1.91. The van der Waals surface area contributed by atoms with Crippen LogP contribution in [0.25, 0.3) is 0 Å². The first kappa shape index (κ1) is 11.6. The Morgan fingerprint density at radius 2 is 2.12 bits per heavy atom. The van der Waals surface area contributed by atoms with Crippen LogP contribution in [0.2, 0.25) is 0 Å². The van der Waals surface area contributed by atoms with Crippen molar-refractivity contribution in [3.05, 3.63) is 52.4 Å². The molecule has 0 aliphatic rings. The van der Waals surface area contributed by atoms with E-state index in [2.05, 4.69) is 20.9 Å². The summed E-state index contributed by atoms with van der Waals surface area (Å²) in [6.07, 6.45) is 1.37. The average molecular weight is 293 g/mol. The third-order valence-electron chi connectivity index (χ3n) is 1.97. The second kappa shape index (κ2) is 4.93. The molecule has 1 heterocycles. The molecule has 0 saturated heterocycles. The number of aromatic nitrogens is 1. The van der Waals surface area contributed by atoms with E-state index in [1.165, 1.54) is 24.4 Å². The van der Waals surface area contributed by atoms with Crippen molar-refractivity contribution in [1.29, 1.82) is 5.26 Å². The van der Waals surface area contributed by atoms with Gasteiger partial charge in [-0.25, -0.2) is 9.37 Å². The first-order valence-electron chi connectivity index (χ1n) is 4.68. The first-order valence-corrected chi connectivity index (χ1v) is 5.47. The molecular formula is C12H6BrFN2O. The number of rotatable bonds is 2. The van der Waals surface area contributed by atoms with E-state index in [9.17, 15) is 4.39 Å². The van der Waals surface area contributed by atoms with Gasteiger partial charge in [-0.3, -0.25) is 0 Å². The summed E-state index contributed by atoms with van der Waals surface area (Å²) in [6, 6.07) is 9.39. The van der Waals surface area contributed by atoms with Gasteiger partial charge in [-0.1, -0.05) is 15.9 Å². The van der Waals surface area contributed by atoms with Crippen LogP contribution in [-0.4, -0.2) is 4.98 Å². The molecule has 17 heavy (non-hydrogen) atoms. The second-order valence-corrected chi connectivity index (χ2v) is 4.09. The van der Waals surface area contributed by atoms with Crippen LogP contribution < -0.4 is 4.74 Å². The predicted molar refractivity (Wildman–Crippen MR) is 63.1 cm³/mol. The van der Waals surface area contributed by atoms with Gasteiger partial charge in [-0.05, 0) is 24.3 Å². The molecule has 5 heteroatoms. The van der Waals surface area contributed by atoms with Crippen molar-refractivity contribution in [3.63, 3.8) is 0 Å². The molecule has 2 aromatic rings. The molecular weight excluding hydrogens is 287 g/mol. The van der Waals surface area contributed by atoms with Gasteiger partial charge < -0.3 is 4.74 Å². The Kier molecular flexibility index (Phi) is 3.35. The fraction of sp³-hybridized carbons (Fsp3) is 0. The molecule has 1 aromatic carbocycles. The van der Waals surface area contributed by atoms with Crippen LogP contribution in [0.5, 0.6) is 11.6 Å². The molecule has 0 bridgehead atoms. The number of ether oxygens (including phenoxy) is 1. The molecule has 1 aromatic heterocycles. The Hall–Kier alpha value is -1.93. The van der Waals surface area contributed by atoms with Crippen LogP contribution >= 0.6 is 15.9 Å². The van der Waals surface area contributed by atoms with Crippen molar-refractivity contribution in [3.8, 4) is 17.7 Å². The number of nitriles is 1. The summed E-state index contributed by atoms with van der Waals surface area (Å²) in [4.78, 5) is 3.89. The van der Waals surface area contributed by atoms with Crippen molar-refractivity contribution >= 4 is 15.9 Å². The van der Waals surface area contributed by atoms with Gasteiger partial charge in [0.15, 0.2) is 11.6 Å². The van der Waals surface area contributed by atoms with Crippen LogP contribution in [0.4, 0.5) is 4.39 Å². The summed E-state index contributed by atoms with van der Waals surface area (Å²) in [5, 5.41) is 8.60. The van der Waals surface area contributed by atoms with E-state index < -0.39 is 5.82 Å². The molecule has 0 aliphatic heterocycles. The van der Waals surface area contributed by atoms with E-state index in [1.54, 1.807) is 12.1 Å². The molecule has 84 valence electrons. The lowest BCUT2D eigenvalue weighted by Gasteiger charge is -2.05. The van der Waals surface area contributed by atoms with Crippen molar-refractivity contribution in [1.82, 2.24) is 4.98 Å². The average Bonchev–Trinajstić information content (AvgIpc) is 2.35. The minimum Gasteiger partial charge on any atom is -0.436 e. The second-order valence-electron chi connectivity index (χ2n) is 3.17. The third-order valence-corrected chi connectivity index (χ3v) is 2.47. The summed E-state index contributed by atoms with van der Waals surface area (Å²) >= 11 is 3.22. The SMILES string of the molecule is N#Cc1ccc(Oc2cc(Br)ccc2F)nc1. The highest BCUT2D eigenvalue weighted by Crippen LogP contribution is 2.26. The Morgan fingerprint density at radius 3 is 2.76 bits per heavy atom. The molecule has 0 aliphatic carbocycles. The lowest BCUT2D eigenvalue weighted by atomic mass is 10.3. The van der Waals surface area contributed by atoms with E-state index in [1.807, 2.05) is 6.07 Å². The monoisotopic (exact) mass is 292 g/mol. The maximum absolute atomic E-state index is 13.4. The smallest absolute Gasteiger partial charge is 0.219 e. The highest BCUT2D eigenvalue weighted by molar-refractivity contribution is 9.10. The fourth-order valence-electron chi connectivity index (χ4n) is 1.17. The van der Waals surface area contributed by atoms with Gasteiger partial charge >= 0.3 is 0 Å². The largest absolute Gasteiger partial charge is 0.436 e. The number of pyridine rings is 1. The van der Waals surface area contributed by atoms with Crippen LogP contribution in [-0.2, 0) is 0 Å². The normalized spacial score (nSPS) is 9.71. The van der Waals surface area contributed by atoms with Gasteiger partial charge in [0.1, 0.15) is 6.07 Å². The van der Waals surface area contributed by atoms with Gasteiger partial charge in [0.05, 0.1) is 5.56 Å². The number of benzene rings is 1. The van der Waals surface area contributed by atoms with E-state index in [0.29, 0.717) is 10.0 Å². The molecule has 0 atom stereocenters. The molecule has 0 unspecified atom stereocenters. The molecule has 2 rings (SSSR count). The number of nitrogens with zero attached hydrogens (tertiary/aromatic N) is 2. The van der Waals surface area contributed by atoms with E-state index in [0.717, 1.165) is 0 Å². The summed E-state index contributed by atoms with van der Waals surface area (Å²) in [5.41, 5.74) is 0.423. The van der Waals surface area contributed by atoms with Gasteiger partial charge in [-0.2, -0.15) is 5.26 Å². The van der Waals surface area contributed by atoms with Crippen molar-refractivity contribution in [2.45, 2.75) is 0 Å². The van der Waals surface area contributed by atoms with Gasteiger partial charge in [0.25, 0.3) is 0 Å². The summed E-state index contributed by atoms with van der Waals surface area (Å²) in [6.45, 7) is 0. The van der Waals surface area contributed by atoms with Gasteiger partial charge in [0.2, 0.25) is 5.88 Å². The minimum atomic E-state index is -0.473. The predicted octanol–water partition coefficient (Wildman–Crippen LogP) is 3.65. The molecule has 0 spiro atoms. The number of hydrogen-bond donors (Lipinski definition) is 0. The summed E-state index contributed by atoms with van der Waals surface area (Å²) in [7, 11) is 0. The fourth-order valence-corrected chi connectivity index (χ4v) is 1.51. The van der Waals surface area contributed by atoms with Crippen LogP contribution in [0.15, 0.2) is 41.0 Å². The van der Waals surface area contributed by atoms with Crippen molar-refractivity contribution in [2.75, 3.05) is 0 Å². The summed E-state index contributed by atoms with van der Waals surface area (Å²) < 4.78 is 19.3. The van der Waals surface area contributed by atoms with Crippen molar-refractivity contribution < 1.29 is 9.13 Å². The van der Waals surface area contributed by atoms with Crippen molar-refractivity contribution in [2.24, 2.45) is 0 Å². The first-order chi connectivity index (χ1) is 8.19. The highest BCUT2D eigenvalue weighted by Gasteiger charge is 2.06. The van der Waals surface area contributed by atoms with E-state index in [-0.39, 0.29) is 11.6 Å². The lowest BCUT2D eigenvalue weighted by molar-refractivity contribution is 0.427. The maximum Gasteiger partial charge on any atom is 0.219 e. The zero-order chi connectivity index (χ0) is 12.3. The Morgan fingerprint density at radius 1 is 1.29 bits per heavy atom. The molecule has 3 nitrogen and oxygen atoms in total. The van der Waals surface area contributed by atoms with E-state index in [4.69, 9.17) is 10.00 Å². The molecule has 0 amide bonds. The van der Waals surface area contributed by atoms with Gasteiger partial charge in [0, 0.05) is 16.7 Å². The molecule has 0 fully saturated rings. The van der Waals surface area contributed by atoms with Crippen LogP contribution in [0.1, 0.15) is 5.56 Å². The Bertz CT molecular complexity index is 578. The molecule has 0 radical (unpaired) electrons. The van der Waals surface area contributed by atoms with Crippen LogP contribution in [0, 0.1) is 17.1 Å². The van der Waals surface area contributed by atoms with Crippen LogP contribution in [0.3, 0.4) is 0 Å². The summed E-state index contributed by atoms with van der Waals surface area (Å²) in [5.74, 6) is -0.156. The molecule has 0 N–H and O–H groups in total. The van der Waals surface area contributed by atoms with Gasteiger partial charge in [-0.15, -0.1) is 0 Å². The third kappa shape index (κ3) is 2.80.